The number of rotatable bonds is 4. The third-order valence-electron chi connectivity index (χ3n) is 4.84. The minimum absolute atomic E-state index is 0.0341. The maximum Gasteiger partial charge on any atom is 0.231 e. The van der Waals surface area contributed by atoms with Gasteiger partial charge in [0.05, 0.1) is 20.8 Å². The van der Waals surface area contributed by atoms with E-state index in [1.54, 1.807) is 14.2 Å². The quantitative estimate of drug-likeness (QED) is 0.767. The van der Waals surface area contributed by atoms with Crippen LogP contribution in [0.4, 0.5) is 0 Å². The molecule has 1 aliphatic heterocycles. The molecule has 0 bridgehead atoms. The Morgan fingerprint density at radius 1 is 0.962 bits per heavy atom. The highest BCUT2D eigenvalue weighted by Crippen LogP contribution is 2.43. The average Bonchev–Trinajstić information content (AvgIpc) is 3.14. The Labute approximate surface area is 151 Å². The summed E-state index contributed by atoms with van der Waals surface area (Å²) in [4.78, 5) is 0. The van der Waals surface area contributed by atoms with Gasteiger partial charge in [0, 0.05) is 0 Å². The van der Waals surface area contributed by atoms with E-state index >= 15 is 0 Å². The van der Waals surface area contributed by atoms with Crippen LogP contribution in [0.15, 0.2) is 36.4 Å². The van der Waals surface area contributed by atoms with Gasteiger partial charge in [-0.25, -0.2) is 0 Å². The van der Waals surface area contributed by atoms with E-state index < -0.39 is 0 Å². The van der Waals surface area contributed by atoms with Gasteiger partial charge < -0.3 is 24.1 Å². The van der Waals surface area contributed by atoms with Crippen molar-refractivity contribution in [1.29, 1.82) is 0 Å². The van der Waals surface area contributed by atoms with E-state index in [1.807, 2.05) is 43.3 Å². The molecule has 0 unspecified atom stereocenters. The van der Waals surface area contributed by atoms with Gasteiger partial charge in [0.25, 0.3) is 0 Å². The molecule has 5 heteroatoms. The Kier molecular flexibility index (Phi) is 4.09. The largest absolute Gasteiger partial charge is 0.493 e. The number of benzene rings is 3. The normalized spacial score (nSPS) is 12.5. The monoisotopic (exact) mass is 352 g/mol. The zero-order valence-electron chi connectivity index (χ0n) is 15.0. The molecule has 1 aliphatic rings. The van der Waals surface area contributed by atoms with Crippen LogP contribution in [0.1, 0.15) is 11.1 Å². The third kappa shape index (κ3) is 2.52. The maximum absolute atomic E-state index is 9.83. The van der Waals surface area contributed by atoms with Crippen molar-refractivity contribution in [3.05, 3.63) is 47.5 Å². The summed E-state index contributed by atoms with van der Waals surface area (Å²) in [6, 6.07) is 11.8. The van der Waals surface area contributed by atoms with Crippen molar-refractivity contribution in [3.8, 4) is 34.1 Å². The molecule has 4 rings (SSSR count). The van der Waals surface area contributed by atoms with Crippen LogP contribution in [-0.2, 0) is 6.61 Å². The molecule has 26 heavy (non-hydrogen) atoms. The van der Waals surface area contributed by atoms with Crippen LogP contribution in [0, 0.1) is 6.92 Å². The van der Waals surface area contributed by atoms with Gasteiger partial charge in [-0.3, -0.25) is 0 Å². The number of ether oxygens (including phenoxy) is 4. The van der Waals surface area contributed by atoms with Crippen molar-refractivity contribution in [3.63, 3.8) is 0 Å². The first-order valence-corrected chi connectivity index (χ1v) is 8.35. The summed E-state index contributed by atoms with van der Waals surface area (Å²) in [7, 11) is 3.24. The third-order valence-corrected chi connectivity index (χ3v) is 4.84. The zero-order chi connectivity index (χ0) is 18.3. The van der Waals surface area contributed by atoms with Crippen LogP contribution < -0.4 is 18.9 Å². The van der Waals surface area contributed by atoms with Crippen LogP contribution >= 0.6 is 0 Å². The first kappa shape index (κ1) is 16.5. The van der Waals surface area contributed by atoms with Gasteiger partial charge in [0.1, 0.15) is 0 Å². The number of hydrogen-bond acceptors (Lipinski definition) is 5. The summed E-state index contributed by atoms with van der Waals surface area (Å²) in [6.45, 7) is 2.22. The molecule has 3 aromatic carbocycles. The molecule has 0 radical (unpaired) electrons. The van der Waals surface area contributed by atoms with Crippen molar-refractivity contribution in [1.82, 2.24) is 0 Å². The van der Waals surface area contributed by atoms with Crippen molar-refractivity contribution in [2.24, 2.45) is 0 Å². The molecule has 0 saturated carbocycles. The number of aliphatic hydroxyl groups is 1. The molecular formula is C21H20O5. The molecule has 5 nitrogen and oxygen atoms in total. The van der Waals surface area contributed by atoms with Crippen molar-refractivity contribution in [2.45, 2.75) is 13.5 Å². The molecular weight excluding hydrogens is 332 g/mol. The summed E-state index contributed by atoms with van der Waals surface area (Å²) in [6.07, 6.45) is 0. The van der Waals surface area contributed by atoms with Gasteiger partial charge in [0.15, 0.2) is 23.0 Å². The van der Waals surface area contributed by atoms with Gasteiger partial charge in [-0.1, -0.05) is 6.07 Å². The number of hydrogen-bond donors (Lipinski definition) is 1. The first-order chi connectivity index (χ1) is 12.7. The molecule has 0 aliphatic carbocycles. The lowest BCUT2D eigenvalue weighted by Crippen LogP contribution is -1.97. The van der Waals surface area contributed by atoms with Crippen LogP contribution in [0.5, 0.6) is 23.0 Å². The maximum atomic E-state index is 9.83. The van der Waals surface area contributed by atoms with E-state index in [0.717, 1.165) is 44.5 Å². The highest BCUT2D eigenvalue weighted by atomic mass is 16.7. The van der Waals surface area contributed by atoms with Gasteiger partial charge in [-0.05, 0) is 70.3 Å². The fourth-order valence-corrected chi connectivity index (χ4v) is 3.48. The van der Waals surface area contributed by atoms with Crippen molar-refractivity contribution in [2.75, 3.05) is 21.0 Å². The Morgan fingerprint density at radius 3 is 2.42 bits per heavy atom. The second-order valence-electron chi connectivity index (χ2n) is 6.19. The summed E-state index contributed by atoms with van der Waals surface area (Å²) in [5.41, 5.74) is 3.92. The Hall–Kier alpha value is -2.92. The minimum Gasteiger partial charge on any atom is -0.493 e. The fourth-order valence-electron chi connectivity index (χ4n) is 3.48. The molecule has 1 heterocycles. The lowest BCUT2D eigenvalue weighted by atomic mass is 9.90. The predicted molar refractivity (Wildman–Crippen MR) is 99.3 cm³/mol. The molecule has 3 aromatic rings. The topological polar surface area (TPSA) is 57.2 Å². The lowest BCUT2D eigenvalue weighted by molar-refractivity contribution is 0.174. The SMILES string of the molecule is COc1cc2cc(CO)c(C)c(-c3ccc4c(c3)OCO4)c2cc1OC. The van der Waals surface area contributed by atoms with E-state index in [0.29, 0.717) is 11.5 Å². The molecule has 0 amide bonds. The van der Waals surface area contributed by atoms with E-state index in [1.165, 1.54) is 0 Å². The van der Waals surface area contributed by atoms with E-state index in [2.05, 4.69) is 0 Å². The molecule has 0 aromatic heterocycles. The molecule has 134 valence electrons. The predicted octanol–water partition coefficient (Wildman–Crippen LogP) is 4.05. The van der Waals surface area contributed by atoms with Gasteiger partial charge >= 0.3 is 0 Å². The first-order valence-electron chi connectivity index (χ1n) is 8.35. The molecule has 1 N–H and O–H groups in total. The Balaban J connectivity index is 2.04. The number of methoxy groups -OCH3 is 2. The second-order valence-corrected chi connectivity index (χ2v) is 6.19. The molecule has 0 atom stereocenters. The van der Waals surface area contributed by atoms with E-state index in [4.69, 9.17) is 18.9 Å². The standard InChI is InChI=1S/C21H20O5/c1-12-15(10-22)6-14-8-18(23-2)19(24-3)9-16(14)21(12)13-4-5-17-20(7-13)26-11-25-17/h4-9,22H,10-11H2,1-3H3. The zero-order valence-corrected chi connectivity index (χ0v) is 15.0. The number of fused-ring (bicyclic) bond motifs is 2. The van der Waals surface area contributed by atoms with Crippen LogP contribution in [0.3, 0.4) is 0 Å². The summed E-state index contributed by atoms with van der Waals surface area (Å²) in [5.74, 6) is 2.79. The van der Waals surface area contributed by atoms with E-state index in [-0.39, 0.29) is 13.4 Å². The highest BCUT2D eigenvalue weighted by molar-refractivity contribution is 6.01. The Bertz CT molecular complexity index is 994. The van der Waals surface area contributed by atoms with Crippen LogP contribution in [0.2, 0.25) is 0 Å². The Morgan fingerprint density at radius 2 is 1.69 bits per heavy atom. The van der Waals surface area contributed by atoms with Crippen LogP contribution in [-0.4, -0.2) is 26.1 Å². The number of aliphatic hydroxyl groups excluding tert-OH is 1. The minimum atomic E-state index is -0.0341. The van der Waals surface area contributed by atoms with Crippen molar-refractivity contribution < 1.29 is 24.1 Å². The average molecular weight is 352 g/mol. The highest BCUT2D eigenvalue weighted by Gasteiger charge is 2.19. The lowest BCUT2D eigenvalue weighted by Gasteiger charge is -2.17. The van der Waals surface area contributed by atoms with Crippen molar-refractivity contribution >= 4 is 10.8 Å². The van der Waals surface area contributed by atoms with Gasteiger partial charge in [0.2, 0.25) is 6.79 Å². The summed E-state index contributed by atoms with van der Waals surface area (Å²) >= 11 is 0. The molecule has 0 fully saturated rings. The smallest absolute Gasteiger partial charge is 0.231 e. The van der Waals surface area contributed by atoms with E-state index in [9.17, 15) is 5.11 Å². The van der Waals surface area contributed by atoms with Gasteiger partial charge in [-0.15, -0.1) is 0 Å². The molecule has 0 saturated heterocycles. The van der Waals surface area contributed by atoms with Crippen LogP contribution in [0.25, 0.3) is 21.9 Å². The summed E-state index contributed by atoms with van der Waals surface area (Å²) in [5, 5.41) is 11.8. The molecule has 0 spiro atoms. The second kappa shape index (κ2) is 6.42. The van der Waals surface area contributed by atoms with Gasteiger partial charge in [-0.2, -0.15) is 0 Å². The fraction of sp³-hybridized carbons (Fsp3) is 0.238. The summed E-state index contributed by atoms with van der Waals surface area (Å²) < 4.78 is 21.9.